The molecular formula is C13H11F3N2O2S. The largest absolute Gasteiger partial charge is 0.399 e. The second-order valence-electron chi connectivity index (χ2n) is 4.35. The molecule has 4 nitrogen and oxygen atoms in total. The lowest BCUT2D eigenvalue weighted by atomic mass is 10.2. The summed E-state index contributed by atoms with van der Waals surface area (Å²) in [6.45, 7) is 1.34. The maximum Gasteiger partial charge on any atom is 0.265 e. The molecule has 21 heavy (non-hydrogen) atoms. The zero-order chi connectivity index (χ0) is 15.8. The molecule has 0 saturated heterocycles. The van der Waals surface area contributed by atoms with E-state index in [2.05, 4.69) is 0 Å². The monoisotopic (exact) mass is 316 g/mol. The van der Waals surface area contributed by atoms with Crippen molar-refractivity contribution < 1.29 is 21.6 Å². The van der Waals surface area contributed by atoms with Crippen LogP contribution < -0.4 is 10.5 Å². The van der Waals surface area contributed by atoms with Crippen LogP contribution in [0.15, 0.2) is 35.2 Å². The highest BCUT2D eigenvalue weighted by molar-refractivity contribution is 7.92. The fraction of sp³-hybridized carbons (Fsp3) is 0.0769. The first-order valence-corrected chi connectivity index (χ1v) is 7.23. The predicted octanol–water partition coefficient (Wildman–Crippen LogP) is 2.80. The third kappa shape index (κ3) is 2.94. The molecule has 2 aromatic rings. The number of hydrogen-bond donors (Lipinski definition) is 2. The van der Waals surface area contributed by atoms with Crippen LogP contribution in [0.2, 0.25) is 0 Å². The van der Waals surface area contributed by atoms with Crippen LogP contribution in [0, 0.1) is 24.4 Å². The average Bonchev–Trinajstić information content (AvgIpc) is 2.42. The Balaban J connectivity index is 2.53. The van der Waals surface area contributed by atoms with Crippen molar-refractivity contribution in [3.05, 3.63) is 53.3 Å². The molecule has 0 spiro atoms. The fourth-order valence-electron chi connectivity index (χ4n) is 1.67. The normalized spacial score (nSPS) is 11.4. The quantitative estimate of drug-likeness (QED) is 0.855. The van der Waals surface area contributed by atoms with Gasteiger partial charge in [-0.25, -0.2) is 21.6 Å². The minimum atomic E-state index is -4.51. The summed E-state index contributed by atoms with van der Waals surface area (Å²) in [5.74, 6) is -3.25. The summed E-state index contributed by atoms with van der Waals surface area (Å²) >= 11 is 0. The topological polar surface area (TPSA) is 72.2 Å². The highest BCUT2D eigenvalue weighted by atomic mass is 32.2. The molecular weight excluding hydrogens is 305 g/mol. The molecule has 0 aromatic heterocycles. The van der Waals surface area contributed by atoms with Crippen LogP contribution in [0.1, 0.15) is 5.56 Å². The maximum atomic E-state index is 13.8. The molecule has 112 valence electrons. The number of hydrogen-bond acceptors (Lipinski definition) is 3. The zero-order valence-electron chi connectivity index (χ0n) is 10.8. The maximum absolute atomic E-state index is 13.8. The second kappa shape index (κ2) is 5.28. The van der Waals surface area contributed by atoms with Gasteiger partial charge in [-0.15, -0.1) is 0 Å². The molecule has 0 aliphatic heterocycles. The molecule has 0 bridgehead atoms. The van der Waals surface area contributed by atoms with E-state index >= 15 is 0 Å². The van der Waals surface area contributed by atoms with E-state index in [1.54, 1.807) is 4.72 Å². The number of nitrogens with one attached hydrogen (secondary N) is 1. The Morgan fingerprint density at radius 1 is 1.05 bits per heavy atom. The molecule has 0 unspecified atom stereocenters. The van der Waals surface area contributed by atoms with E-state index in [0.29, 0.717) is 0 Å². The van der Waals surface area contributed by atoms with Gasteiger partial charge in [0.15, 0.2) is 5.82 Å². The standard InChI is InChI=1S/C13H11F3N2O2S/c1-7-2-4-10(15)13(12(7)16)18-21(19,20)11-6-8(17)3-5-9(11)14/h2-6,18H,17H2,1H3. The van der Waals surface area contributed by atoms with Gasteiger partial charge in [-0.2, -0.15) is 0 Å². The van der Waals surface area contributed by atoms with Gasteiger partial charge in [-0.1, -0.05) is 6.07 Å². The highest BCUT2D eigenvalue weighted by Gasteiger charge is 2.23. The first kappa shape index (κ1) is 15.2. The van der Waals surface area contributed by atoms with Gasteiger partial charge in [0.1, 0.15) is 22.2 Å². The Morgan fingerprint density at radius 2 is 1.67 bits per heavy atom. The Bertz CT molecular complexity index is 807. The number of anilines is 2. The van der Waals surface area contributed by atoms with Gasteiger partial charge in [0.25, 0.3) is 10.0 Å². The van der Waals surface area contributed by atoms with E-state index in [1.165, 1.54) is 13.0 Å². The van der Waals surface area contributed by atoms with Gasteiger partial charge in [0.2, 0.25) is 0 Å². The lowest BCUT2D eigenvalue weighted by Gasteiger charge is -2.12. The lowest BCUT2D eigenvalue weighted by molar-refractivity contribution is 0.565. The molecule has 3 N–H and O–H groups in total. The SMILES string of the molecule is Cc1ccc(F)c(NS(=O)(=O)c2cc(N)ccc2F)c1F. The molecule has 0 heterocycles. The van der Waals surface area contributed by atoms with Crippen LogP contribution in [0.4, 0.5) is 24.5 Å². The van der Waals surface area contributed by atoms with Crippen molar-refractivity contribution in [2.24, 2.45) is 0 Å². The van der Waals surface area contributed by atoms with Gasteiger partial charge in [-0.3, -0.25) is 4.72 Å². The van der Waals surface area contributed by atoms with E-state index in [4.69, 9.17) is 5.73 Å². The van der Waals surface area contributed by atoms with Crippen molar-refractivity contribution in [1.29, 1.82) is 0 Å². The fourth-order valence-corrected chi connectivity index (χ4v) is 2.85. The van der Waals surface area contributed by atoms with E-state index in [0.717, 1.165) is 24.3 Å². The number of sulfonamides is 1. The molecule has 0 amide bonds. The van der Waals surface area contributed by atoms with Crippen LogP contribution in [0.25, 0.3) is 0 Å². The van der Waals surface area contributed by atoms with Gasteiger partial charge in [-0.05, 0) is 36.8 Å². The van der Waals surface area contributed by atoms with Crippen LogP contribution in [-0.2, 0) is 10.0 Å². The van der Waals surface area contributed by atoms with E-state index in [-0.39, 0.29) is 11.3 Å². The van der Waals surface area contributed by atoms with Gasteiger partial charge < -0.3 is 5.73 Å². The second-order valence-corrected chi connectivity index (χ2v) is 6.00. The minimum Gasteiger partial charge on any atom is -0.399 e. The molecule has 2 aromatic carbocycles. The van der Waals surface area contributed by atoms with Crippen molar-refractivity contribution in [3.8, 4) is 0 Å². The van der Waals surface area contributed by atoms with Crippen molar-refractivity contribution in [3.63, 3.8) is 0 Å². The first-order chi connectivity index (χ1) is 9.72. The summed E-state index contributed by atoms with van der Waals surface area (Å²) in [5, 5.41) is 0. The Hall–Kier alpha value is -2.22. The Kier molecular flexibility index (Phi) is 3.82. The zero-order valence-corrected chi connectivity index (χ0v) is 11.6. The van der Waals surface area contributed by atoms with Gasteiger partial charge in [0.05, 0.1) is 0 Å². The van der Waals surface area contributed by atoms with E-state index in [9.17, 15) is 21.6 Å². The molecule has 0 saturated carbocycles. The molecule has 0 aliphatic rings. The van der Waals surface area contributed by atoms with Crippen molar-refractivity contribution in [2.45, 2.75) is 11.8 Å². The number of nitrogen functional groups attached to an aromatic ring is 1. The third-order valence-electron chi connectivity index (χ3n) is 2.77. The van der Waals surface area contributed by atoms with E-state index in [1.807, 2.05) is 0 Å². The number of rotatable bonds is 3. The molecule has 8 heteroatoms. The van der Waals surface area contributed by atoms with Crippen LogP contribution in [-0.4, -0.2) is 8.42 Å². The Morgan fingerprint density at radius 3 is 2.33 bits per heavy atom. The number of benzene rings is 2. The molecule has 0 radical (unpaired) electrons. The molecule has 0 atom stereocenters. The summed E-state index contributed by atoms with van der Waals surface area (Å²) in [6, 6.07) is 4.95. The third-order valence-corrected chi connectivity index (χ3v) is 4.13. The van der Waals surface area contributed by atoms with Crippen molar-refractivity contribution >= 4 is 21.4 Å². The van der Waals surface area contributed by atoms with Crippen molar-refractivity contribution in [1.82, 2.24) is 0 Å². The van der Waals surface area contributed by atoms with Crippen LogP contribution in [0.5, 0.6) is 0 Å². The van der Waals surface area contributed by atoms with Crippen LogP contribution in [0.3, 0.4) is 0 Å². The summed E-state index contributed by atoms with van der Waals surface area (Å²) in [5.41, 5.74) is 4.58. The number of aryl methyl sites for hydroxylation is 1. The summed E-state index contributed by atoms with van der Waals surface area (Å²) in [7, 11) is -4.51. The first-order valence-electron chi connectivity index (χ1n) is 5.75. The molecule has 0 fully saturated rings. The van der Waals surface area contributed by atoms with Crippen LogP contribution >= 0.6 is 0 Å². The lowest BCUT2D eigenvalue weighted by Crippen LogP contribution is -2.17. The molecule has 2 rings (SSSR count). The summed E-state index contributed by atoms with van der Waals surface area (Å²) in [6.07, 6.45) is 0. The average molecular weight is 316 g/mol. The van der Waals surface area contributed by atoms with Gasteiger partial charge >= 0.3 is 0 Å². The number of nitrogens with two attached hydrogens (primary N) is 1. The van der Waals surface area contributed by atoms with Crippen molar-refractivity contribution in [2.75, 3.05) is 10.5 Å². The predicted molar refractivity (Wildman–Crippen MR) is 72.7 cm³/mol. The number of halogens is 3. The highest BCUT2D eigenvalue weighted by Crippen LogP contribution is 2.26. The smallest absolute Gasteiger partial charge is 0.265 e. The van der Waals surface area contributed by atoms with Gasteiger partial charge in [0, 0.05) is 5.69 Å². The summed E-state index contributed by atoms with van der Waals surface area (Å²) in [4.78, 5) is -0.789. The van der Waals surface area contributed by atoms with E-state index < -0.39 is 38.1 Å². The molecule has 0 aliphatic carbocycles. The minimum absolute atomic E-state index is 0.00182. The summed E-state index contributed by atoms with van der Waals surface area (Å²) < 4.78 is 66.8. The Labute approximate surface area is 119 Å².